The number of carbonyl (C=O) groups excluding carboxylic acids is 1. The van der Waals surface area contributed by atoms with Gasteiger partial charge >= 0.3 is 11.7 Å². The van der Waals surface area contributed by atoms with Gasteiger partial charge < -0.3 is 9.47 Å². The maximum atomic E-state index is 13.7. The fourth-order valence-electron chi connectivity index (χ4n) is 1.73. The highest BCUT2D eigenvalue weighted by molar-refractivity contribution is 5.91. The van der Waals surface area contributed by atoms with Gasteiger partial charge in [0.2, 0.25) is 11.6 Å². The first-order valence-corrected chi connectivity index (χ1v) is 6.02. The molecule has 9 heteroatoms. The first-order valence-electron chi connectivity index (χ1n) is 6.02. The van der Waals surface area contributed by atoms with Crippen LogP contribution in [-0.4, -0.2) is 18.0 Å². The van der Waals surface area contributed by atoms with Crippen molar-refractivity contribution in [3.05, 3.63) is 63.5 Å². The predicted octanol–water partition coefficient (Wildman–Crippen LogP) is 3.24. The van der Waals surface area contributed by atoms with Gasteiger partial charge in [-0.25, -0.2) is 9.18 Å². The average Bonchev–Trinajstić information content (AvgIpc) is 2.45. The van der Waals surface area contributed by atoms with E-state index in [9.17, 15) is 28.1 Å². The molecule has 0 spiro atoms. The summed E-state index contributed by atoms with van der Waals surface area (Å²) in [6.07, 6.45) is 0. The smallest absolute Gasteiger partial charge is 0.346 e. The highest BCUT2D eigenvalue weighted by Gasteiger charge is 2.24. The largest absolute Gasteiger partial charge is 0.497 e. The summed E-state index contributed by atoms with van der Waals surface area (Å²) in [4.78, 5) is 21.0. The molecule has 0 saturated heterocycles. The van der Waals surface area contributed by atoms with Crippen LogP contribution in [0.2, 0.25) is 0 Å². The summed E-state index contributed by atoms with van der Waals surface area (Å²) in [5.74, 6) is -5.70. The van der Waals surface area contributed by atoms with E-state index < -0.39 is 45.3 Å². The number of hydrogen-bond acceptors (Lipinski definition) is 5. The van der Waals surface area contributed by atoms with Crippen LogP contribution < -0.4 is 9.47 Å². The minimum atomic E-state index is -1.52. The number of nitrogens with zero attached hydrogens (tertiary/aromatic N) is 1. The fourth-order valence-corrected chi connectivity index (χ4v) is 1.73. The molecule has 0 amide bonds. The molecule has 0 unspecified atom stereocenters. The lowest BCUT2D eigenvalue weighted by molar-refractivity contribution is -0.390. The van der Waals surface area contributed by atoms with E-state index in [-0.39, 0.29) is 5.75 Å². The number of nitro groups is 1. The zero-order valence-corrected chi connectivity index (χ0v) is 11.5. The van der Waals surface area contributed by atoms with Crippen molar-refractivity contribution in [1.29, 1.82) is 0 Å². The molecule has 2 aromatic carbocycles. The number of carbonyl (C=O) groups is 1. The zero-order chi connectivity index (χ0) is 17.1. The molecule has 23 heavy (non-hydrogen) atoms. The number of esters is 1. The van der Waals surface area contributed by atoms with Crippen LogP contribution in [0.15, 0.2) is 30.3 Å². The Morgan fingerprint density at radius 2 is 1.61 bits per heavy atom. The van der Waals surface area contributed by atoms with E-state index in [1.165, 1.54) is 13.2 Å². The molecule has 0 saturated carbocycles. The van der Waals surface area contributed by atoms with Crippen LogP contribution in [0.5, 0.6) is 11.5 Å². The summed E-state index contributed by atoms with van der Waals surface area (Å²) >= 11 is 0. The van der Waals surface area contributed by atoms with E-state index in [4.69, 9.17) is 4.74 Å². The number of halogens is 3. The van der Waals surface area contributed by atoms with Gasteiger partial charge in [-0.2, -0.15) is 8.78 Å². The Bertz CT molecular complexity index is 771. The van der Waals surface area contributed by atoms with Crippen molar-refractivity contribution in [1.82, 2.24) is 0 Å². The van der Waals surface area contributed by atoms with Gasteiger partial charge in [0.05, 0.1) is 17.6 Å². The highest BCUT2D eigenvalue weighted by Crippen LogP contribution is 2.27. The number of ether oxygens (including phenoxy) is 2. The number of rotatable bonds is 4. The van der Waals surface area contributed by atoms with Gasteiger partial charge in [-0.1, -0.05) is 0 Å². The molecule has 0 N–H and O–H groups in total. The third-order valence-electron chi connectivity index (χ3n) is 2.78. The van der Waals surface area contributed by atoms with E-state index in [0.717, 1.165) is 12.1 Å². The maximum absolute atomic E-state index is 13.7. The van der Waals surface area contributed by atoms with Gasteiger partial charge in [-0.05, 0) is 12.1 Å². The number of hydrogen-bond donors (Lipinski definition) is 0. The second-order valence-corrected chi connectivity index (χ2v) is 4.23. The third kappa shape index (κ3) is 3.39. The summed E-state index contributed by atoms with van der Waals surface area (Å²) in [6.45, 7) is 0. The van der Waals surface area contributed by atoms with Crippen LogP contribution in [0.3, 0.4) is 0 Å². The molecule has 2 aromatic rings. The highest BCUT2D eigenvalue weighted by atomic mass is 19.1. The normalized spacial score (nSPS) is 10.3. The molecular formula is C14H8F3NO5. The van der Waals surface area contributed by atoms with E-state index >= 15 is 0 Å². The van der Waals surface area contributed by atoms with Crippen LogP contribution in [0.1, 0.15) is 10.4 Å². The first-order chi connectivity index (χ1) is 10.8. The minimum absolute atomic E-state index is 0.159. The van der Waals surface area contributed by atoms with Crippen molar-refractivity contribution >= 4 is 11.7 Å². The Balaban J connectivity index is 2.29. The van der Waals surface area contributed by atoms with Gasteiger partial charge in [0, 0.05) is 18.2 Å². The van der Waals surface area contributed by atoms with Crippen molar-refractivity contribution in [2.75, 3.05) is 7.11 Å². The monoisotopic (exact) mass is 327 g/mol. The lowest BCUT2D eigenvalue weighted by Crippen LogP contribution is -2.11. The first kappa shape index (κ1) is 16.3. The Labute approximate surface area is 127 Å². The van der Waals surface area contributed by atoms with Crippen molar-refractivity contribution in [2.45, 2.75) is 0 Å². The van der Waals surface area contributed by atoms with Crippen molar-refractivity contribution < 1.29 is 32.4 Å². The molecule has 0 aliphatic heterocycles. The molecule has 0 aliphatic carbocycles. The molecule has 0 aromatic heterocycles. The van der Waals surface area contributed by atoms with Crippen molar-refractivity contribution in [3.63, 3.8) is 0 Å². The van der Waals surface area contributed by atoms with E-state index in [2.05, 4.69) is 4.74 Å². The molecule has 0 heterocycles. The molecule has 2 rings (SSSR count). The van der Waals surface area contributed by atoms with Crippen LogP contribution in [0, 0.1) is 27.6 Å². The SMILES string of the molecule is COc1ccc(C(=O)Oc2cc(F)c([N+](=O)[O-])c(F)c2)c(F)c1. The molecule has 120 valence electrons. The van der Waals surface area contributed by atoms with Crippen LogP contribution in [-0.2, 0) is 0 Å². The zero-order valence-electron chi connectivity index (χ0n) is 11.5. The summed E-state index contributed by atoms with van der Waals surface area (Å²) in [5.41, 5.74) is -1.87. The van der Waals surface area contributed by atoms with E-state index in [1.807, 2.05) is 0 Å². The molecule has 0 atom stereocenters. The Morgan fingerprint density at radius 3 is 2.09 bits per heavy atom. The molecule has 6 nitrogen and oxygen atoms in total. The summed E-state index contributed by atoms with van der Waals surface area (Å²) in [7, 11) is 1.30. The standard InChI is InChI=1S/C14H8F3NO5/c1-22-7-2-3-9(10(15)4-7)14(19)23-8-5-11(16)13(18(20)21)12(17)6-8/h2-6H,1H3. The molecule has 0 fully saturated rings. The molecular weight excluding hydrogens is 319 g/mol. The molecule has 0 aliphatic rings. The van der Waals surface area contributed by atoms with Gasteiger partial charge in [-0.3, -0.25) is 10.1 Å². The molecule has 0 bridgehead atoms. The fraction of sp³-hybridized carbons (Fsp3) is 0.0714. The predicted molar refractivity (Wildman–Crippen MR) is 70.9 cm³/mol. The summed E-state index contributed by atoms with van der Waals surface area (Å²) in [6, 6.07) is 4.19. The van der Waals surface area contributed by atoms with Crippen LogP contribution in [0.25, 0.3) is 0 Å². The van der Waals surface area contributed by atoms with Gasteiger partial charge in [0.25, 0.3) is 0 Å². The number of benzene rings is 2. The number of nitro benzene ring substituents is 1. The van der Waals surface area contributed by atoms with Crippen molar-refractivity contribution in [3.8, 4) is 11.5 Å². The maximum Gasteiger partial charge on any atom is 0.346 e. The van der Waals surface area contributed by atoms with E-state index in [1.54, 1.807) is 0 Å². The molecule has 0 radical (unpaired) electrons. The van der Waals surface area contributed by atoms with Gasteiger partial charge in [0.15, 0.2) is 0 Å². The Morgan fingerprint density at radius 1 is 1.04 bits per heavy atom. The van der Waals surface area contributed by atoms with Gasteiger partial charge in [-0.15, -0.1) is 0 Å². The van der Waals surface area contributed by atoms with Gasteiger partial charge in [0.1, 0.15) is 17.3 Å². The quantitative estimate of drug-likeness (QED) is 0.373. The number of methoxy groups -OCH3 is 1. The summed E-state index contributed by atoms with van der Waals surface area (Å²) < 4.78 is 49.9. The van der Waals surface area contributed by atoms with Crippen molar-refractivity contribution in [2.24, 2.45) is 0 Å². The Kier molecular flexibility index (Phi) is 4.49. The van der Waals surface area contributed by atoms with Crippen LogP contribution >= 0.6 is 0 Å². The summed E-state index contributed by atoms with van der Waals surface area (Å²) in [5, 5.41) is 10.5. The lowest BCUT2D eigenvalue weighted by Gasteiger charge is -2.07. The minimum Gasteiger partial charge on any atom is -0.497 e. The second kappa shape index (κ2) is 6.34. The second-order valence-electron chi connectivity index (χ2n) is 4.23. The third-order valence-corrected chi connectivity index (χ3v) is 2.78. The average molecular weight is 327 g/mol. The lowest BCUT2D eigenvalue weighted by atomic mass is 10.2. The Hall–Kier alpha value is -3.10. The topological polar surface area (TPSA) is 78.7 Å². The van der Waals surface area contributed by atoms with Crippen LogP contribution in [0.4, 0.5) is 18.9 Å². The van der Waals surface area contributed by atoms with E-state index in [0.29, 0.717) is 12.1 Å².